The molecule has 7 heteroatoms. The Labute approximate surface area is 155 Å². The van der Waals surface area contributed by atoms with Crippen LogP contribution in [0.4, 0.5) is 10.1 Å². The van der Waals surface area contributed by atoms with Crippen molar-refractivity contribution in [3.05, 3.63) is 41.7 Å². The first-order valence-corrected chi connectivity index (χ1v) is 10.9. The van der Waals surface area contributed by atoms with E-state index in [-0.39, 0.29) is 11.6 Å². The molecule has 144 valence electrons. The maximum atomic E-state index is 13.2. The minimum Gasteiger partial charge on any atom is -0.354 e. The number of hydrogen-bond acceptors (Lipinski definition) is 3. The second-order valence-electron chi connectivity index (χ2n) is 6.61. The molecule has 1 atom stereocenters. The average Bonchev–Trinajstić information content (AvgIpc) is 2.60. The number of allylic oxidation sites excluding steroid dienone is 1. The number of nitrogens with one attached hydrogen (secondary N) is 1. The van der Waals surface area contributed by atoms with E-state index in [0.29, 0.717) is 13.0 Å². The molecule has 1 aliphatic rings. The van der Waals surface area contributed by atoms with Gasteiger partial charge >= 0.3 is 0 Å². The van der Waals surface area contributed by atoms with Crippen molar-refractivity contribution in [1.82, 2.24) is 5.32 Å². The predicted octanol–water partition coefficient (Wildman–Crippen LogP) is 3.38. The third kappa shape index (κ3) is 5.56. The van der Waals surface area contributed by atoms with Crippen LogP contribution >= 0.6 is 0 Å². The van der Waals surface area contributed by atoms with Crippen molar-refractivity contribution < 1.29 is 17.6 Å². The largest absolute Gasteiger partial charge is 0.354 e. The van der Waals surface area contributed by atoms with Crippen LogP contribution < -0.4 is 9.62 Å². The molecule has 5 nitrogen and oxygen atoms in total. The van der Waals surface area contributed by atoms with Crippen molar-refractivity contribution in [2.45, 2.75) is 51.5 Å². The Morgan fingerprint density at radius 3 is 2.50 bits per heavy atom. The molecule has 1 aliphatic carbocycles. The van der Waals surface area contributed by atoms with E-state index < -0.39 is 21.9 Å². The summed E-state index contributed by atoms with van der Waals surface area (Å²) in [5.41, 5.74) is 1.63. The van der Waals surface area contributed by atoms with Gasteiger partial charge in [-0.2, -0.15) is 0 Å². The van der Waals surface area contributed by atoms with Crippen molar-refractivity contribution in [1.29, 1.82) is 0 Å². The Bertz CT molecular complexity index is 745. The minimum atomic E-state index is -3.69. The lowest BCUT2D eigenvalue weighted by Crippen LogP contribution is -2.49. The Morgan fingerprint density at radius 1 is 1.27 bits per heavy atom. The molecular weight excluding hydrogens is 355 g/mol. The number of benzene rings is 1. The van der Waals surface area contributed by atoms with E-state index in [2.05, 4.69) is 11.4 Å². The number of sulfonamides is 1. The fourth-order valence-corrected chi connectivity index (χ4v) is 4.46. The molecule has 0 heterocycles. The van der Waals surface area contributed by atoms with Gasteiger partial charge in [-0.25, -0.2) is 12.8 Å². The summed E-state index contributed by atoms with van der Waals surface area (Å²) < 4.78 is 38.8. The molecule has 0 aliphatic heterocycles. The molecule has 0 aromatic heterocycles. The van der Waals surface area contributed by atoms with Crippen LogP contribution in [0.5, 0.6) is 0 Å². The van der Waals surface area contributed by atoms with Gasteiger partial charge in [0.1, 0.15) is 11.9 Å². The molecule has 1 aromatic rings. The standard InChI is InChI=1S/C19H27FN2O3S/c1-3-18(19(23)21-14-13-15-7-5-4-6-8-15)22(26(2,24)25)17-11-9-16(20)10-12-17/h7,9-12,18H,3-6,8,13-14H2,1-2H3,(H,21,23)/t18-/m1/s1. The zero-order chi connectivity index (χ0) is 19.2. The highest BCUT2D eigenvalue weighted by atomic mass is 32.2. The van der Waals surface area contributed by atoms with E-state index in [0.717, 1.165) is 29.8 Å². The molecule has 1 N–H and O–H groups in total. The molecular formula is C19H27FN2O3S. The number of halogens is 1. The molecule has 0 fully saturated rings. The Balaban J connectivity index is 2.09. The second kappa shape index (κ2) is 9.16. The van der Waals surface area contributed by atoms with Gasteiger partial charge in [0.25, 0.3) is 0 Å². The Hall–Kier alpha value is -1.89. The fraction of sp³-hybridized carbons (Fsp3) is 0.526. The molecule has 2 rings (SSSR count). The smallest absolute Gasteiger partial charge is 0.243 e. The quantitative estimate of drug-likeness (QED) is 0.701. The summed E-state index contributed by atoms with van der Waals surface area (Å²) in [6, 6.07) is 4.26. The minimum absolute atomic E-state index is 0.283. The highest BCUT2D eigenvalue weighted by molar-refractivity contribution is 7.92. The molecule has 0 spiro atoms. The highest BCUT2D eigenvalue weighted by Crippen LogP contribution is 2.23. The van der Waals surface area contributed by atoms with Crippen LogP contribution in [0.15, 0.2) is 35.9 Å². The van der Waals surface area contributed by atoms with Gasteiger partial charge in [-0.1, -0.05) is 18.6 Å². The number of carbonyl (C=O) groups is 1. The second-order valence-corrected chi connectivity index (χ2v) is 8.47. The van der Waals surface area contributed by atoms with Crippen molar-refractivity contribution in [2.24, 2.45) is 0 Å². The Kier molecular flexibility index (Phi) is 7.20. The van der Waals surface area contributed by atoms with Crippen LogP contribution in [-0.2, 0) is 14.8 Å². The van der Waals surface area contributed by atoms with E-state index in [1.165, 1.54) is 42.7 Å². The molecule has 0 radical (unpaired) electrons. The van der Waals surface area contributed by atoms with Gasteiger partial charge in [0.05, 0.1) is 11.9 Å². The van der Waals surface area contributed by atoms with Gasteiger partial charge in [0.15, 0.2) is 0 Å². The molecule has 1 aromatic carbocycles. The summed E-state index contributed by atoms with van der Waals surface area (Å²) in [5.74, 6) is -0.792. The van der Waals surface area contributed by atoms with Gasteiger partial charge in [0, 0.05) is 6.54 Å². The summed E-state index contributed by atoms with van der Waals surface area (Å²) in [4.78, 5) is 12.6. The first-order chi connectivity index (χ1) is 12.3. The molecule has 26 heavy (non-hydrogen) atoms. The van der Waals surface area contributed by atoms with Crippen LogP contribution in [0, 0.1) is 5.82 Å². The third-order valence-electron chi connectivity index (χ3n) is 4.54. The molecule has 0 saturated heterocycles. The van der Waals surface area contributed by atoms with E-state index in [9.17, 15) is 17.6 Å². The van der Waals surface area contributed by atoms with E-state index in [4.69, 9.17) is 0 Å². The number of rotatable bonds is 8. The molecule has 0 bridgehead atoms. The average molecular weight is 383 g/mol. The van der Waals surface area contributed by atoms with Crippen molar-refractivity contribution in [3.63, 3.8) is 0 Å². The molecule has 0 unspecified atom stereocenters. The summed E-state index contributed by atoms with van der Waals surface area (Å²) >= 11 is 0. The Morgan fingerprint density at radius 2 is 1.96 bits per heavy atom. The maximum Gasteiger partial charge on any atom is 0.243 e. The van der Waals surface area contributed by atoms with Crippen molar-refractivity contribution in [2.75, 3.05) is 17.1 Å². The first kappa shape index (κ1) is 20.4. The summed E-state index contributed by atoms with van der Waals surface area (Å²) in [7, 11) is -3.69. The van der Waals surface area contributed by atoms with Crippen LogP contribution in [0.25, 0.3) is 0 Å². The SMILES string of the molecule is CC[C@H](C(=O)NCCC1=CCCCC1)N(c1ccc(F)cc1)S(C)(=O)=O. The van der Waals surface area contributed by atoms with Gasteiger partial charge < -0.3 is 5.32 Å². The van der Waals surface area contributed by atoms with Crippen LogP contribution in [-0.4, -0.2) is 33.2 Å². The van der Waals surface area contributed by atoms with Crippen LogP contribution in [0.3, 0.4) is 0 Å². The fourth-order valence-electron chi connectivity index (χ4n) is 3.24. The molecule has 1 amide bonds. The number of amides is 1. The van der Waals surface area contributed by atoms with Gasteiger partial charge in [-0.05, 0) is 62.8 Å². The lowest BCUT2D eigenvalue weighted by atomic mass is 9.97. The van der Waals surface area contributed by atoms with Crippen LogP contribution in [0.2, 0.25) is 0 Å². The van der Waals surface area contributed by atoms with Crippen molar-refractivity contribution >= 4 is 21.6 Å². The first-order valence-electron chi connectivity index (χ1n) is 9.03. The summed E-state index contributed by atoms with van der Waals surface area (Å²) in [6.45, 7) is 2.25. The summed E-state index contributed by atoms with van der Waals surface area (Å²) in [5, 5.41) is 2.85. The van der Waals surface area contributed by atoms with Gasteiger partial charge in [-0.3, -0.25) is 9.10 Å². The number of carbonyl (C=O) groups excluding carboxylic acids is 1. The van der Waals surface area contributed by atoms with Crippen LogP contribution in [0.1, 0.15) is 45.4 Å². The third-order valence-corrected chi connectivity index (χ3v) is 5.72. The highest BCUT2D eigenvalue weighted by Gasteiger charge is 2.31. The predicted molar refractivity (Wildman–Crippen MR) is 102 cm³/mol. The summed E-state index contributed by atoms with van der Waals surface area (Å²) in [6.07, 6.45) is 8.95. The van der Waals surface area contributed by atoms with Gasteiger partial charge in [-0.15, -0.1) is 0 Å². The number of hydrogen-bond donors (Lipinski definition) is 1. The lowest BCUT2D eigenvalue weighted by molar-refractivity contribution is -0.122. The topological polar surface area (TPSA) is 66.5 Å². The van der Waals surface area contributed by atoms with E-state index in [1.807, 2.05) is 0 Å². The maximum absolute atomic E-state index is 13.2. The number of nitrogens with zero attached hydrogens (tertiary/aromatic N) is 1. The zero-order valence-corrected chi connectivity index (χ0v) is 16.2. The lowest BCUT2D eigenvalue weighted by Gasteiger charge is -2.30. The molecule has 0 saturated carbocycles. The monoisotopic (exact) mass is 382 g/mol. The van der Waals surface area contributed by atoms with Crippen molar-refractivity contribution in [3.8, 4) is 0 Å². The van der Waals surface area contributed by atoms with Gasteiger partial charge in [0.2, 0.25) is 15.9 Å². The normalized spacial score (nSPS) is 15.9. The zero-order valence-electron chi connectivity index (χ0n) is 15.4. The van der Waals surface area contributed by atoms with E-state index in [1.54, 1.807) is 6.92 Å². The van der Waals surface area contributed by atoms with E-state index >= 15 is 0 Å². The number of anilines is 1.